The Morgan fingerprint density at radius 3 is 2.14 bits per heavy atom. The zero-order valence-corrected chi connectivity index (χ0v) is 8.09. The van der Waals surface area contributed by atoms with Crippen molar-refractivity contribution >= 4 is 11.6 Å². The minimum atomic E-state index is -2.95. The Hall–Kier alpha value is -0.840. The summed E-state index contributed by atoms with van der Waals surface area (Å²) in [5.41, 5.74) is 4.39. The van der Waals surface area contributed by atoms with Crippen LogP contribution in [-0.2, 0) is 9.59 Å². The van der Waals surface area contributed by atoms with Gasteiger partial charge < -0.3 is 5.73 Å². The predicted molar refractivity (Wildman–Crippen MR) is 45.9 cm³/mol. The van der Waals surface area contributed by atoms with Crippen molar-refractivity contribution in [1.82, 2.24) is 0 Å². The maximum absolute atomic E-state index is 12.4. The van der Waals surface area contributed by atoms with Gasteiger partial charge in [-0.2, -0.15) is 0 Å². The summed E-state index contributed by atoms with van der Waals surface area (Å²) in [4.78, 5) is 22.3. The van der Waals surface area contributed by atoms with Crippen molar-refractivity contribution in [2.75, 3.05) is 0 Å². The second kappa shape index (κ2) is 3.38. The first kappa shape index (κ1) is 11.2. The van der Waals surface area contributed by atoms with Gasteiger partial charge >= 0.3 is 0 Å². The van der Waals surface area contributed by atoms with Crippen LogP contribution in [0.3, 0.4) is 0 Å². The number of Topliss-reactive ketones (excluding diaryl/α,β-unsaturated/α-hetero) is 2. The summed E-state index contributed by atoms with van der Waals surface area (Å²) in [5.74, 6) is -3.57. The average molecular weight is 205 g/mol. The van der Waals surface area contributed by atoms with Crippen molar-refractivity contribution < 1.29 is 18.4 Å². The van der Waals surface area contributed by atoms with Crippen LogP contribution in [0, 0.1) is 11.8 Å². The highest BCUT2D eigenvalue weighted by Crippen LogP contribution is 2.43. The van der Waals surface area contributed by atoms with Gasteiger partial charge in [0, 0.05) is 0 Å². The van der Waals surface area contributed by atoms with Gasteiger partial charge in [0.25, 0.3) is 6.43 Å². The van der Waals surface area contributed by atoms with Crippen LogP contribution in [0.25, 0.3) is 0 Å². The van der Waals surface area contributed by atoms with Crippen LogP contribution >= 0.6 is 0 Å². The minimum Gasteiger partial charge on any atom is -0.319 e. The van der Waals surface area contributed by atoms with Crippen molar-refractivity contribution in [3.8, 4) is 0 Å². The predicted octanol–water partition coefficient (Wildman–Crippen LogP) is 0.763. The standard InChI is InChI=1S/C9H13F2NO2/c1-4-3-9(4,12)7(14)6(5(2)13)8(10)11/h4,6,8H,3,12H2,1-2H3/t4?,6?,9-/m1/s1. The number of hydrogen-bond donors (Lipinski definition) is 1. The van der Waals surface area contributed by atoms with E-state index in [0.29, 0.717) is 6.42 Å². The molecule has 3 nitrogen and oxygen atoms in total. The largest absolute Gasteiger partial charge is 0.319 e. The molecule has 1 aliphatic rings. The third kappa shape index (κ3) is 1.68. The number of carbonyl (C=O) groups is 2. The van der Waals surface area contributed by atoms with Crippen LogP contribution < -0.4 is 5.73 Å². The van der Waals surface area contributed by atoms with Crippen molar-refractivity contribution in [2.45, 2.75) is 32.2 Å². The quantitative estimate of drug-likeness (QED) is 0.689. The van der Waals surface area contributed by atoms with E-state index in [1.54, 1.807) is 6.92 Å². The molecule has 3 atom stereocenters. The fourth-order valence-electron chi connectivity index (χ4n) is 1.56. The molecule has 0 aromatic rings. The van der Waals surface area contributed by atoms with Crippen LogP contribution in [0.4, 0.5) is 8.78 Å². The Kier molecular flexibility index (Phi) is 2.71. The first-order valence-electron chi connectivity index (χ1n) is 4.42. The first-order chi connectivity index (χ1) is 6.30. The number of halogens is 2. The topological polar surface area (TPSA) is 60.2 Å². The number of ketones is 2. The van der Waals surface area contributed by atoms with E-state index in [4.69, 9.17) is 5.73 Å². The molecular formula is C9H13F2NO2. The van der Waals surface area contributed by atoms with Crippen LogP contribution in [0.2, 0.25) is 0 Å². The van der Waals surface area contributed by atoms with Crippen LogP contribution in [0.5, 0.6) is 0 Å². The smallest absolute Gasteiger partial charge is 0.255 e. The molecule has 5 heteroatoms. The summed E-state index contributed by atoms with van der Waals surface area (Å²) in [5, 5.41) is 0. The average Bonchev–Trinajstić information content (AvgIpc) is 2.59. The second-order valence-corrected chi connectivity index (χ2v) is 3.93. The minimum absolute atomic E-state index is 0.101. The molecule has 0 bridgehead atoms. The third-order valence-corrected chi connectivity index (χ3v) is 2.79. The van der Waals surface area contributed by atoms with Crippen LogP contribution in [-0.4, -0.2) is 23.5 Å². The van der Waals surface area contributed by atoms with E-state index in [0.717, 1.165) is 6.92 Å². The molecule has 2 N–H and O–H groups in total. The van der Waals surface area contributed by atoms with Gasteiger partial charge in [-0.25, -0.2) is 8.78 Å². The fourth-order valence-corrected chi connectivity index (χ4v) is 1.56. The van der Waals surface area contributed by atoms with Crippen molar-refractivity contribution in [3.63, 3.8) is 0 Å². The molecule has 0 aromatic heterocycles. The lowest BCUT2D eigenvalue weighted by molar-refractivity contribution is -0.139. The van der Waals surface area contributed by atoms with E-state index in [9.17, 15) is 18.4 Å². The summed E-state index contributed by atoms with van der Waals surface area (Å²) in [6.45, 7) is 2.70. The van der Waals surface area contributed by atoms with Crippen LogP contribution in [0.15, 0.2) is 0 Å². The molecule has 0 saturated heterocycles. The lowest BCUT2D eigenvalue weighted by atomic mass is 9.92. The van der Waals surface area contributed by atoms with Gasteiger partial charge in [0.2, 0.25) is 0 Å². The summed E-state index contributed by atoms with van der Waals surface area (Å²) in [6, 6.07) is 0. The highest BCUT2D eigenvalue weighted by Gasteiger charge is 2.57. The van der Waals surface area contributed by atoms with E-state index in [1.807, 2.05) is 0 Å². The number of rotatable bonds is 4. The molecule has 1 aliphatic carbocycles. The van der Waals surface area contributed by atoms with Crippen molar-refractivity contribution in [1.29, 1.82) is 0 Å². The third-order valence-electron chi connectivity index (χ3n) is 2.79. The van der Waals surface area contributed by atoms with Gasteiger partial charge in [0.15, 0.2) is 5.78 Å². The molecule has 80 valence electrons. The monoisotopic (exact) mass is 205 g/mol. The number of nitrogens with two attached hydrogens (primary N) is 1. The number of hydrogen-bond acceptors (Lipinski definition) is 3. The van der Waals surface area contributed by atoms with Gasteiger partial charge in [-0.1, -0.05) is 6.92 Å². The fraction of sp³-hybridized carbons (Fsp3) is 0.778. The zero-order chi connectivity index (χ0) is 11.1. The van der Waals surface area contributed by atoms with Crippen molar-refractivity contribution in [2.24, 2.45) is 17.6 Å². The van der Waals surface area contributed by atoms with E-state index >= 15 is 0 Å². The second-order valence-electron chi connectivity index (χ2n) is 3.93. The number of alkyl halides is 2. The maximum atomic E-state index is 12.4. The van der Waals surface area contributed by atoms with E-state index in [-0.39, 0.29) is 5.92 Å². The van der Waals surface area contributed by atoms with E-state index in [2.05, 4.69) is 0 Å². The lowest BCUT2D eigenvalue weighted by Crippen LogP contribution is -2.44. The van der Waals surface area contributed by atoms with E-state index in [1.165, 1.54) is 0 Å². The normalized spacial score (nSPS) is 32.9. The summed E-state index contributed by atoms with van der Waals surface area (Å²) >= 11 is 0. The molecule has 0 spiro atoms. The zero-order valence-electron chi connectivity index (χ0n) is 8.09. The molecule has 1 saturated carbocycles. The Morgan fingerprint density at radius 2 is 1.93 bits per heavy atom. The van der Waals surface area contributed by atoms with Gasteiger partial charge in [-0.05, 0) is 19.3 Å². The molecule has 0 radical (unpaired) electrons. The molecule has 0 aliphatic heterocycles. The van der Waals surface area contributed by atoms with Gasteiger partial charge in [0.1, 0.15) is 11.7 Å². The molecular weight excluding hydrogens is 192 g/mol. The van der Waals surface area contributed by atoms with Gasteiger partial charge in [-0.3, -0.25) is 9.59 Å². The molecule has 1 rings (SSSR count). The Balaban J connectivity index is 2.81. The highest BCUT2D eigenvalue weighted by molar-refractivity contribution is 6.07. The molecule has 0 heterocycles. The molecule has 0 amide bonds. The Labute approximate surface area is 80.6 Å². The molecule has 0 aromatic carbocycles. The Morgan fingerprint density at radius 1 is 1.50 bits per heavy atom. The summed E-state index contributed by atoms with van der Waals surface area (Å²) in [6.07, 6.45) is -2.56. The molecule has 1 fully saturated rings. The van der Waals surface area contributed by atoms with Gasteiger partial charge in [-0.15, -0.1) is 0 Å². The lowest BCUT2D eigenvalue weighted by Gasteiger charge is -2.16. The number of carbonyl (C=O) groups excluding carboxylic acids is 2. The SMILES string of the molecule is CC(=O)C(C(=O)[C@@]1(N)CC1C)C(F)F. The summed E-state index contributed by atoms with van der Waals surface area (Å²) < 4.78 is 24.8. The van der Waals surface area contributed by atoms with E-state index < -0.39 is 29.4 Å². The summed E-state index contributed by atoms with van der Waals surface area (Å²) in [7, 11) is 0. The maximum Gasteiger partial charge on any atom is 0.255 e. The first-order valence-corrected chi connectivity index (χ1v) is 4.42. The Bertz CT molecular complexity index is 280. The molecule has 14 heavy (non-hydrogen) atoms. The van der Waals surface area contributed by atoms with Crippen LogP contribution in [0.1, 0.15) is 20.3 Å². The van der Waals surface area contributed by atoms with Crippen molar-refractivity contribution in [3.05, 3.63) is 0 Å². The van der Waals surface area contributed by atoms with Gasteiger partial charge in [0.05, 0.1) is 5.54 Å². The molecule has 2 unspecified atom stereocenters. The highest BCUT2D eigenvalue weighted by atomic mass is 19.3.